The lowest BCUT2D eigenvalue weighted by Gasteiger charge is -2.22. The quantitative estimate of drug-likeness (QED) is 0.905. The minimum atomic E-state index is -0.414. The van der Waals surface area contributed by atoms with Crippen molar-refractivity contribution in [2.24, 2.45) is 0 Å². The predicted octanol–water partition coefficient (Wildman–Crippen LogP) is 1.90. The third-order valence-corrected chi connectivity index (χ3v) is 4.18. The van der Waals surface area contributed by atoms with Crippen molar-refractivity contribution in [1.82, 2.24) is 10.4 Å². The molecule has 0 bridgehead atoms. The number of hydrazine groups is 1. The highest BCUT2D eigenvalue weighted by atomic mass is 32.2. The first-order valence-corrected chi connectivity index (χ1v) is 7.27. The molecule has 1 aliphatic heterocycles. The number of hydrogen-bond donors (Lipinski definition) is 2. The van der Waals surface area contributed by atoms with Gasteiger partial charge in [0.15, 0.2) is 5.37 Å². The van der Waals surface area contributed by atoms with Crippen LogP contribution in [0.3, 0.4) is 0 Å². The second-order valence-corrected chi connectivity index (χ2v) is 5.50. The fourth-order valence-electron chi connectivity index (χ4n) is 1.97. The van der Waals surface area contributed by atoms with Crippen molar-refractivity contribution in [1.29, 1.82) is 0 Å². The molecule has 108 valence electrons. The Morgan fingerprint density at radius 1 is 1.33 bits per heavy atom. The molecule has 0 aliphatic carbocycles. The number of phenols is 1. The van der Waals surface area contributed by atoms with E-state index in [2.05, 4.69) is 5.43 Å². The van der Waals surface area contributed by atoms with Crippen LogP contribution in [-0.4, -0.2) is 27.7 Å². The number of amides is 2. The highest BCUT2D eigenvalue weighted by Gasteiger charge is 2.36. The van der Waals surface area contributed by atoms with Crippen molar-refractivity contribution in [3.8, 4) is 5.75 Å². The molecule has 2 aromatic rings. The monoisotopic (exact) mass is 304 g/mol. The van der Waals surface area contributed by atoms with Gasteiger partial charge in [0.2, 0.25) is 0 Å². The molecule has 21 heavy (non-hydrogen) atoms. The molecule has 2 N–H and O–H groups in total. The maximum Gasteiger partial charge on any atom is 0.269 e. The number of nitrogens with zero attached hydrogens (tertiary/aromatic N) is 1. The van der Waals surface area contributed by atoms with Gasteiger partial charge in [0.1, 0.15) is 11.5 Å². The maximum absolute atomic E-state index is 12.1. The molecule has 3 rings (SSSR count). The van der Waals surface area contributed by atoms with Crippen LogP contribution in [0, 0.1) is 0 Å². The number of carbonyl (C=O) groups excluding carboxylic acids is 2. The van der Waals surface area contributed by atoms with Crippen LogP contribution in [0.5, 0.6) is 5.75 Å². The van der Waals surface area contributed by atoms with Gasteiger partial charge in [-0.05, 0) is 36.4 Å². The average Bonchev–Trinajstić information content (AvgIpc) is 3.10. The Labute approximate surface area is 124 Å². The summed E-state index contributed by atoms with van der Waals surface area (Å²) in [5, 5.41) is 10.1. The molecule has 0 radical (unpaired) electrons. The molecule has 0 saturated carbocycles. The van der Waals surface area contributed by atoms with Crippen LogP contribution < -0.4 is 5.43 Å². The molecule has 2 amide bonds. The van der Waals surface area contributed by atoms with Crippen molar-refractivity contribution in [3.63, 3.8) is 0 Å². The van der Waals surface area contributed by atoms with Gasteiger partial charge in [-0.1, -0.05) is 0 Å². The molecule has 1 aromatic carbocycles. The third kappa shape index (κ3) is 2.73. The smallest absolute Gasteiger partial charge is 0.269 e. The summed E-state index contributed by atoms with van der Waals surface area (Å²) >= 11 is 1.38. The number of phenolic OH excluding ortho intramolecular Hbond substituents is 1. The summed E-state index contributed by atoms with van der Waals surface area (Å²) in [6.45, 7) is 0. The zero-order valence-corrected chi connectivity index (χ0v) is 11.7. The normalized spacial score (nSPS) is 18.0. The molecule has 7 heteroatoms. The SMILES string of the molecule is O=C(NN1C(=O)CS[C@H]1c1ccco1)c1ccc(O)cc1. The van der Waals surface area contributed by atoms with Gasteiger partial charge in [-0.3, -0.25) is 15.0 Å². The number of benzene rings is 1. The van der Waals surface area contributed by atoms with Crippen molar-refractivity contribution >= 4 is 23.6 Å². The van der Waals surface area contributed by atoms with Crippen LogP contribution in [-0.2, 0) is 4.79 Å². The van der Waals surface area contributed by atoms with E-state index < -0.39 is 5.91 Å². The molecule has 1 atom stereocenters. The number of rotatable bonds is 3. The van der Waals surface area contributed by atoms with E-state index in [9.17, 15) is 14.7 Å². The van der Waals surface area contributed by atoms with Crippen molar-refractivity contribution < 1.29 is 19.1 Å². The number of nitrogens with one attached hydrogen (secondary N) is 1. The zero-order chi connectivity index (χ0) is 14.8. The Morgan fingerprint density at radius 2 is 2.10 bits per heavy atom. The number of thioether (sulfide) groups is 1. The topological polar surface area (TPSA) is 82.8 Å². The van der Waals surface area contributed by atoms with E-state index in [-0.39, 0.29) is 22.8 Å². The molecular weight excluding hydrogens is 292 g/mol. The average molecular weight is 304 g/mol. The van der Waals surface area contributed by atoms with E-state index in [1.165, 1.54) is 47.3 Å². The highest BCUT2D eigenvalue weighted by Crippen LogP contribution is 2.37. The standard InChI is InChI=1S/C14H12N2O4S/c17-10-5-3-9(4-6-10)13(19)15-16-12(18)8-21-14(16)11-2-1-7-20-11/h1-7,14,17H,8H2,(H,15,19)/t14-/m0/s1. The Kier molecular flexibility index (Phi) is 3.57. The second kappa shape index (κ2) is 5.53. The van der Waals surface area contributed by atoms with Crippen molar-refractivity contribution in [2.75, 3.05) is 5.75 Å². The number of hydrogen-bond acceptors (Lipinski definition) is 5. The second-order valence-electron chi connectivity index (χ2n) is 4.43. The number of aromatic hydroxyl groups is 1. The first-order chi connectivity index (χ1) is 10.1. The van der Waals surface area contributed by atoms with Crippen molar-refractivity contribution in [2.45, 2.75) is 5.37 Å². The zero-order valence-electron chi connectivity index (χ0n) is 10.9. The Hall–Kier alpha value is -2.41. The van der Waals surface area contributed by atoms with E-state index in [1.54, 1.807) is 12.1 Å². The summed E-state index contributed by atoms with van der Waals surface area (Å²) in [4.78, 5) is 24.1. The van der Waals surface area contributed by atoms with E-state index in [0.717, 1.165) is 0 Å². The summed E-state index contributed by atoms with van der Waals surface area (Å²) in [7, 11) is 0. The van der Waals surface area contributed by atoms with Gasteiger partial charge < -0.3 is 9.52 Å². The third-order valence-electron chi connectivity index (χ3n) is 3.01. The maximum atomic E-state index is 12.1. The number of furan rings is 1. The Balaban J connectivity index is 1.77. The molecule has 1 fully saturated rings. The molecular formula is C14H12N2O4S. The van der Waals surface area contributed by atoms with Gasteiger partial charge in [0.05, 0.1) is 12.0 Å². The lowest BCUT2D eigenvalue weighted by atomic mass is 10.2. The van der Waals surface area contributed by atoms with E-state index in [4.69, 9.17) is 4.42 Å². The summed E-state index contributed by atoms with van der Waals surface area (Å²) in [5.74, 6) is 0.363. The molecule has 1 aliphatic rings. The summed E-state index contributed by atoms with van der Waals surface area (Å²) < 4.78 is 5.30. The Bertz CT molecular complexity index is 654. The van der Waals surface area contributed by atoms with Gasteiger partial charge in [0, 0.05) is 5.56 Å². The van der Waals surface area contributed by atoms with Gasteiger partial charge in [-0.2, -0.15) is 0 Å². The van der Waals surface area contributed by atoms with E-state index in [1.807, 2.05) is 0 Å². The molecule has 1 aromatic heterocycles. The fraction of sp³-hybridized carbons (Fsp3) is 0.143. The summed E-state index contributed by atoms with van der Waals surface area (Å²) in [5.41, 5.74) is 2.94. The van der Waals surface area contributed by atoms with Gasteiger partial charge >= 0.3 is 0 Å². The molecule has 1 saturated heterocycles. The van der Waals surface area contributed by atoms with Crippen LogP contribution in [0.1, 0.15) is 21.5 Å². The molecule has 0 unspecified atom stereocenters. The minimum absolute atomic E-state index is 0.0767. The van der Waals surface area contributed by atoms with Crippen LogP contribution in [0.25, 0.3) is 0 Å². The van der Waals surface area contributed by atoms with Gasteiger partial charge in [-0.25, -0.2) is 5.01 Å². The lowest BCUT2D eigenvalue weighted by Crippen LogP contribution is -2.44. The first-order valence-electron chi connectivity index (χ1n) is 6.22. The van der Waals surface area contributed by atoms with Gasteiger partial charge in [-0.15, -0.1) is 11.8 Å². The lowest BCUT2D eigenvalue weighted by molar-refractivity contribution is -0.130. The van der Waals surface area contributed by atoms with Crippen LogP contribution in [0.2, 0.25) is 0 Å². The summed E-state index contributed by atoms with van der Waals surface area (Å²) in [6, 6.07) is 9.30. The highest BCUT2D eigenvalue weighted by molar-refractivity contribution is 8.00. The number of carbonyl (C=O) groups is 2. The van der Waals surface area contributed by atoms with Crippen molar-refractivity contribution in [3.05, 3.63) is 54.0 Å². The predicted molar refractivity (Wildman–Crippen MR) is 76.3 cm³/mol. The molecule has 2 heterocycles. The Morgan fingerprint density at radius 3 is 2.76 bits per heavy atom. The van der Waals surface area contributed by atoms with E-state index in [0.29, 0.717) is 11.3 Å². The van der Waals surface area contributed by atoms with Crippen LogP contribution in [0.15, 0.2) is 47.1 Å². The minimum Gasteiger partial charge on any atom is -0.508 e. The largest absolute Gasteiger partial charge is 0.508 e. The van der Waals surface area contributed by atoms with E-state index >= 15 is 0 Å². The molecule has 6 nitrogen and oxygen atoms in total. The van der Waals surface area contributed by atoms with Gasteiger partial charge in [0.25, 0.3) is 11.8 Å². The summed E-state index contributed by atoms with van der Waals surface area (Å²) in [6.07, 6.45) is 1.53. The fourth-order valence-corrected chi connectivity index (χ4v) is 3.03. The van der Waals surface area contributed by atoms with Crippen LogP contribution >= 0.6 is 11.8 Å². The first kappa shape index (κ1) is 13.6. The van der Waals surface area contributed by atoms with Crippen LogP contribution in [0.4, 0.5) is 0 Å². The molecule has 0 spiro atoms.